The number of carbonyl (C=O) groups excluding carboxylic acids is 2. The van der Waals surface area contributed by atoms with Crippen LogP contribution in [0.3, 0.4) is 0 Å². The molecular weight excluding hydrogens is 283 g/mol. The molecule has 0 aromatic heterocycles. The van der Waals surface area contributed by atoms with Gasteiger partial charge in [-0.1, -0.05) is 0 Å². The first kappa shape index (κ1) is 15.4. The van der Waals surface area contributed by atoms with Crippen LogP contribution in [-0.4, -0.2) is 40.8 Å². The van der Waals surface area contributed by atoms with Crippen molar-refractivity contribution >= 4 is 22.1 Å². The number of allylic oxidation sites excluding steroid dienone is 1. The summed E-state index contributed by atoms with van der Waals surface area (Å²) in [5.74, 6) is -4.21. The lowest BCUT2D eigenvalue weighted by Crippen LogP contribution is -2.40. The summed E-state index contributed by atoms with van der Waals surface area (Å²) >= 11 is 0. The molecule has 0 aliphatic heterocycles. The number of methoxy groups -OCH3 is 2. The van der Waals surface area contributed by atoms with Crippen molar-refractivity contribution in [1.29, 1.82) is 0 Å². The summed E-state index contributed by atoms with van der Waals surface area (Å²) in [7, 11) is -1.99. The minimum Gasteiger partial charge on any atom is -0.468 e. The second-order valence-corrected chi connectivity index (χ2v) is 5.49. The van der Waals surface area contributed by atoms with E-state index in [1.165, 1.54) is 0 Å². The Morgan fingerprint density at radius 1 is 1.21 bits per heavy atom. The summed E-state index contributed by atoms with van der Waals surface area (Å²) in [6.45, 7) is 0. The summed E-state index contributed by atoms with van der Waals surface area (Å²) in [6.07, 6.45) is 0.176. The summed E-state index contributed by atoms with van der Waals surface area (Å²) in [4.78, 5) is 23.3. The third-order valence-corrected chi connectivity index (χ3v) is 3.17. The fraction of sp³-hybridized carbons (Fsp3) is 0.600. The molecule has 0 amide bonds. The van der Waals surface area contributed by atoms with Crippen molar-refractivity contribution < 1.29 is 36.1 Å². The summed E-state index contributed by atoms with van der Waals surface area (Å²) in [5.41, 5.74) is -2.29. The zero-order chi connectivity index (χ0) is 14.8. The van der Waals surface area contributed by atoms with Crippen LogP contribution in [0.25, 0.3) is 0 Å². The van der Waals surface area contributed by atoms with Gasteiger partial charge < -0.3 is 13.7 Å². The summed E-state index contributed by atoms with van der Waals surface area (Å²) in [5, 5.41) is 0. The average Bonchev–Trinajstić information content (AvgIpc) is 2.64. The molecule has 0 atom stereocenters. The molecule has 7 nitrogen and oxygen atoms in total. The van der Waals surface area contributed by atoms with E-state index in [9.17, 15) is 22.4 Å². The smallest absolute Gasteiger partial charge is 0.330 e. The lowest BCUT2D eigenvalue weighted by Gasteiger charge is -2.21. The molecule has 0 saturated heterocycles. The predicted octanol–water partition coefficient (Wildman–Crippen LogP) is 0.270. The van der Waals surface area contributed by atoms with E-state index in [2.05, 4.69) is 13.7 Å². The Bertz CT molecular complexity index is 518. The second kappa shape index (κ2) is 5.16. The highest BCUT2D eigenvalue weighted by molar-refractivity contribution is 7.86. The monoisotopic (exact) mass is 296 g/mol. The van der Waals surface area contributed by atoms with E-state index in [0.29, 0.717) is 0 Å². The van der Waals surface area contributed by atoms with Crippen molar-refractivity contribution in [1.82, 2.24) is 0 Å². The van der Waals surface area contributed by atoms with Crippen LogP contribution in [0.1, 0.15) is 12.8 Å². The van der Waals surface area contributed by atoms with Crippen molar-refractivity contribution in [3.8, 4) is 0 Å². The van der Waals surface area contributed by atoms with Gasteiger partial charge in [-0.3, -0.25) is 9.59 Å². The number of hydrogen-bond acceptors (Lipinski definition) is 7. The molecule has 0 unspecified atom stereocenters. The second-order valence-electron chi connectivity index (χ2n) is 3.91. The average molecular weight is 296 g/mol. The van der Waals surface area contributed by atoms with Crippen LogP contribution in [-0.2, 0) is 33.4 Å². The van der Waals surface area contributed by atoms with Gasteiger partial charge >= 0.3 is 22.1 Å². The molecule has 1 rings (SSSR count). The SMILES string of the molecule is COC(=O)C1(C(=O)OC)CCC(OS(C)(=O)=O)=C1F. The molecule has 0 N–H and O–H groups in total. The first-order chi connectivity index (χ1) is 8.69. The number of esters is 2. The minimum absolute atomic E-state index is 0.233. The maximum Gasteiger partial charge on any atom is 0.330 e. The predicted molar refractivity (Wildman–Crippen MR) is 59.8 cm³/mol. The molecule has 9 heteroatoms. The Hall–Kier alpha value is -1.64. The van der Waals surface area contributed by atoms with Crippen molar-refractivity contribution in [3.63, 3.8) is 0 Å². The first-order valence-corrected chi connectivity index (χ1v) is 6.96. The topological polar surface area (TPSA) is 96.0 Å². The van der Waals surface area contributed by atoms with E-state index in [0.717, 1.165) is 20.5 Å². The van der Waals surface area contributed by atoms with Gasteiger partial charge in [-0.2, -0.15) is 8.42 Å². The molecule has 0 fully saturated rings. The van der Waals surface area contributed by atoms with Crippen molar-refractivity contribution in [2.75, 3.05) is 20.5 Å². The van der Waals surface area contributed by atoms with Crippen LogP contribution in [0.15, 0.2) is 11.6 Å². The molecule has 0 aromatic carbocycles. The Morgan fingerprint density at radius 3 is 2.05 bits per heavy atom. The number of ether oxygens (including phenoxy) is 2. The molecular formula is C10H13FO7S. The molecule has 19 heavy (non-hydrogen) atoms. The third kappa shape index (κ3) is 2.70. The van der Waals surface area contributed by atoms with Crippen LogP contribution in [0.4, 0.5) is 4.39 Å². The number of hydrogen-bond donors (Lipinski definition) is 0. The van der Waals surface area contributed by atoms with E-state index in [1.807, 2.05) is 0 Å². The van der Waals surface area contributed by atoms with Gasteiger partial charge in [0.1, 0.15) is 0 Å². The molecule has 0 aromatic rings. The van der Waals surface area contributed by atoms with E-state index < -0.39 is 39.1 Å². The highest BCUT2D eigenvalue weighted by atomic mass is 32.2. The molecule has 1 aliphatic rings. The van der Waals surface area contributed by atoms with E-state index in [-0.39, 0.29) is 12.8 Å². The quantitative estimate of drug-likeness (QED) is 0.417. The zero-order valence-electron chi connectivity index (χ0n) is 10.6. The van der Waals surface area contributed by atoms with Gasteiger partial charge in [-0.25, -0.2) is 4.39 Å². The standard InChI is InChI=1S/C10H13FO7S/c1-16-8(12)10(9(13)17-2)5-4-6(7(10)11)18-19(3,14)15/h4-5H2,1-3H3. The Morgan fingerprint density at radius 2 is 1.68 bits per heavy atom. The molecule has 1 aliphatic carbocycles. The Labute approximate surface area is 109 Å². The van der Waals surface area contributed by atoms with E-state index >= 15 is 0 Å². The fourth-order valence-electron chi connectivity index (χ4n) is 1.83. The first-order valence-electron chi connectivity index (χ1n) is 5.14. The molecule has 0 heterocycles. The van der Waals surface area contributed by atoms with Crippen molar-refractivity contribution in [3.05, 3.63) is 11.6 Å². The van der Waals surface area contributed by atoms with Gasteiger partial charge in [-0.15, -0.1) is 0 Å². The highest BCUT2D eigenvalue weighted by Crippen LogP contribution is 2.46. The van der Waals surface area contributed by atoms with Crippen LogP contribution < -0.4 is 0 Å². The number of carbonyl (C=O) groups is 2. The molecule has 0 saturated carbocycles. The van der Waals surface area contributed by atoms with Gasteiger partial charge in [-0.05, 0) is 6.42 Å². The normalized spacial score (nSPS) is 18.1. The van der Waals surface area contributed by atoms with Crippen LogP contribution in [0, 0.1) is 5.41 Å². The van der Waals surface area contributed by atoms with Crippen LogP contribution in [0.5, 0.6) is 0 Å². The van der Waals surface area contributed by atoms with E-state index in [4.69, 9.17) is 0 Å². The third-order valence-electron chi connectivity index (χ3n) is 2.67. The summed E-state index contributed by atoms with van der Waals surface area (Å²) < 4.78 is 49.3. The van der Waals surface area contributed by atoms with Gasteiger partial charge in [0, 0.05) is 6.42 Å². The minimum atomic E-state index is -3.96. The van der Waals surface area contributed by atoms with Gasteiger partial charge in [0.2, 0.25) is 5.41 Å². The Balaban J connectivity index is 3.30. The maximum atomic E-state index is 14.2. The maximum absolute atomic E-state index is 14.2. The Kier molecular flexibility index (Phi) is 4.18. The number of rotatable bonds is 4. The summed E-state index contributed by atoms with van der Waals surface area (Å²) in [6, 6.07) is 0. The van der Waals surface area contributed by atoms with Crippen LogP contribution in [0.2, 0.25) is 0 Å². The van der Waals surface area contributed by atoms with E-state index in [1.54, 1.807) is 0 Å². The van der Waals surface area contributed by atoms with Crippen LogP contribution >= 0.6 is 0 Å². The van der Waals surface area contributed by atoms with Gasteiger partial charge in [0.15, 0.2) is 11.6 Å². The lowest BCUT2D eigenvalue weighted by atomic mass is 9.86. The zero-order valence-corrected chi connectivity index (χ0v) is 11.4. The highest BCUT2D eigenvalue weighted by Gasteiger charge is 2.58. The van der Waals surface area contributed by atoms with Gasteiger partial charge in [0.05, 0.1) is 20.5 Å². The largest absolute Gasteiger partial charge is 0.468 e. The van der Waals surface area contributed by atoms with Crippen molar-refractivity contribution in [2.24, 2.45) is 5.41 Å². The molecule has 0 spiro atoms. The van der Waals surface area contributed by atoms with Gasteiger partial charge in [0.25, 0.3) is 0 Å². The molecule has 108 valence electrons. The molecule has 0 radical (unpaired) electrons. The van der Waals surface area contributed by atoms with Crippen molar-refractivity contribution in [2.45, 2.75) is 12.8 Å². The lowest BCUT2D eigenvalue weighted by molar-refractivity contribution is -0.167. The number of halogens is 1. The molecule has 0 bridgehead atoms. The fourth-order valence-corrected chi connectivity index (χ4v) is 2.36.